The summed E-state index contributed by atoms with van der Waals surface area (Å²) < 4.78 is 5.64. The second-order valence-corrected chi connectivity index (χ2v) is 8.79. The van der Waals surface area contributed by atoms with Crippen molar-refractivity contribution in [2.45, 2.75) is 46.4 Å². The van der Waals surface area contributed by atoms with Crippen molar-refractivity contribution in [3.63, 3.8) is 0 Å². The molecule has 1 aliphatic heterocycles. The van der Waals surface area contributed by atoms with Crippen LogP contribution in [0, 0.1) is 6.92 Å². The molecule has 1 aliphatic rings. The highest BCUT2D eigenvalue weighted by Crippen LogP contribution is 2.13. The lowest BCUT2D eigenvalue weighted by Gasteiger charge is -2.31. The Hall–Kier alpha value is -1.96. The van der Waals surface area contributed by atoms with E-state index in [-0.39, 0.29) is 0 Å². The fourth-order valence-corrected chi connectivity index (χ4v) is 4.22. The summed E-state index contributed by atoms with van der Waals surface area (Å²) in [5.74, 6) is 0.855. The molecule has 2 N–H and O–H groups in total. The number of rotatable bonds is 8. The maximum Gasteiger partial charge on any atom is 0.191 e. The van der Waals surface area contributed by atoms with E-state index >= 15 is 0 Å². The van der Waals surface area contributed by atoms with E-state index in [2.05, 4.69) is 65.6 Å². The lowest BCUT2D eigenvalue weighted by atomic mass is 10.1. The number of guanidine groups is 1. The molecule has 0 radical (unpaired) electrons. The predicted octanol–water partition coefficient (Wildman–Crippen LogP) is 2.97. The van der Waals surface area contributed by atoms with Crippen LogP contribution >= 0.6 is 11.3 Å². The van der Waals surface area contributed by atoms with Gasteiger partial charge in [0.15, 0.2) is 5.96 Å². The number of aromatic nitrogens is 1. The number of morpholine rings is 1. The summed E-state index contributed by atoms with van der Waals surface area (Å²) in [6, 6.07) is 8.75. The van der Waals surface area contributed by atoms with Crippen LogP contribution in [0.4, 0.5) is 0 Å². The third-order valence-electron chi connectivity index (χ3n) is 4.79. The van der Waals surface area contributed by atoms with Gasteiger partial charge in [-0.05, 0) is 31.9 Å². The molecule has 0 aliphatic carbocycles. The standard InChI is InChI=1S/C22H33N5OS/c1-4-23-22(24-9-8-21-25-13-18(3)29-21)26-14-19-6-5-7-20(12-19)16-27-10-11-28-17(2)15-27/h5-7,12-13,17H,4,8-11,14-16H2,1-3H3,(H2,23,24,26). The molecule has 6 nitrogen and oxygen atoms in total. The molecule has 1 aromatic heterocycles. The summed E-state index contributed by atoms with van der Waals surface area (Å²) >= 11 is 1.76. The van der Waals surface area contributed by atoms with Crippen molar-refractivity contribution in [2.75, 3.05) is 32.8 Å². The Bertz CT molecular complexity index is 791. The fraction of sp³-hybridized carbons (Fsp3) is 0.545. The predicted molar refractivity (Wildman–Crippen MR) is 121 cm³/mol. The van der Waals surface area contributed by atoms with Gasteiger partial charge in [-0.3, -0.25) is 4.90 Å². The van der Waals surface area contributed by atoms with Gasteiger partial charge < -0.3 is 15.4 Å². The third-order valence-corrected chi connectivity index (χ3v) is 5.76. The van der Waals surface area contributed by atoms with Gasteiger partial charge in [-0.1, -0.05) is 24.3 Å². The second kappa shape index (κ2) is 11.3. The van der Waals surface area contributed by atoms with Gasteiger partial charge in [-0.25, -0.2) is 9.98 Å². The van der Waals surface area contributed by atoms with Crippen LogP contribution in [0.2, 0.25) is 0 Å². The van der Waals surface area contributed by atoms with Crippen LogP contribution in [0.15, 0.2) is 35.5 Å². The van der Waals surface area contributed by atoms with Crippen LogP contribution in [-0.2, 0) is 24.2 Å². The quantitative estimate of drug-likeness (QED) is 0.513. The molecule has 1 unspecified atom stereocenters. The third kappa shape index (κ3) is 7.42. The highest BCUT2D eigenvalue weighted by Gasteiger charge is 2.16. The summed E-state index contributed by atoms with van der Waals surface area (Å²) in [5.41, 5.74) is 2.57. The van der Waals surface area contributed by atoms with Gasteiger partial charge in [0.25, 0.3) is 0 Å². The average molecular weight is 416 g/mol. The first kappa shape index (κ1) is 21.7. The van der Waals surface area contributed by atoms with E-state index < -0.39 is 0 Å². The Balaban J connectivity index is 1.52. The molecule has 2 heterocycles. The highest BCUT2D eigenvalue weighted by molar-refractivity contribution is 7.11. The lowest BCUT2D eigenvalue weighted by molar-refractivity contribution is -0.0212. The van der Waals surface area contributed by atoms with E-state index in [0.717, 1.165) is 56.7 Å². The van der Waals surface area contributed by atoms with Gasteiger partial charge in [-0.2, -0.15) is 0 Å². The monoisotopic (exact) mass is 415 g/mol. The molecule has 7 heteroatoms. The summed E-state index contributed by atoms with van der Waals surface area (Å²) in [5, 5.41) is 7.91. The second-order valence-electron chi connectivity index (χ2n) is 7.47. The molecule has 3 rings (SSSR count). The number of nitrogens with one attached hydrogen (secondary N) is 2. The smallest absolute Gasteiger partial charge is 0.191 e. The Kier molecular flexibility index (Phi) is 8.46. The zero-order valence-corrected chi connectivity index (χ0v) is 18.6. The molecule has 0 bridgehead atoms. The van der Waals surface area contributed by atoms with Crippen molar-refractivity contribution < 1.29 is 4.74 Å². The van der Waals surface area contributed by atoms with Crippen molar-refractivity contribution in [3.8, 4) is 0 Å². The lowest BCUT2D eigenvalue weighted by Crippen LogP contribution is -2.40. The van der Waals surface area contributed by atoms with E-state index in [9.17, 15) is 0 Å². The number of aryl methyl sites for hydroxylation is 1. The molecular weight excluding hydrogens is 382 g/mol. The van der Waals surface area contributed by atoms with Crippen molar-refractivity contribution in [3.05, 3.63) is 51.5 Å². The van der Waals surface area contributed by atoms with Crippen LogP contribution in [0.1, 0.15) is 34.9 Å². The van der Waals surface area contributed by atoms with Gasteiger partial charge in [0.2, 0.25) is 0 Å². The average Bonchev–Trinajstić information content (AvgIpc) is 3.11. The van der Waals surface area contributed by atoms with Crippen molar-refractivity contribution >= 4 is 17.3 Å². The first-order valence-electron chi connectivity index (χ1n) is 10.5. The topological polar surface area (TPSA) is 61.8 Å². The number of aliphatic imine (C=N–C) groups is 1. The maximum atomic E-state index is 5.64. The Labute approximate surface area is 178 Å². The number of benzene rings is 1. The fourth-order valence-electron chi connectivity index (χ4n) is 3.44. The summed E-state index contributed by atoms with van der Waals surface area (Å²) in [6.07, 6.45) is 3.17. The number of thiazole rings is 1. The van der Waals surface area contributed by atoms with Gasteiger partial charge in [0.1, 0.15) is 0 Å². The number of hydrogen-bond donors (Lipinski definition) is 2. The van der Waals surface area contributed by atoms with Crippen LogP contribution in [0.5, 0.6) is 0 Å². The van der Waals surface area contributed by atoms with E-state index in [4.69, 9.17) is 9.73 Å². The molecule has 1 fully saturated rings. The molecule has 0 amide bonds. The molecule has 0 spiro atoms. The van der Waals surface area contributed by atoms with Crippen molar-refractivity contribution in [1.82, 2.24) is 20.5 Å². The van der Waals surface area contributed by atoms with E-state index in [0.29, 0.717) is 12.6 Å². The summed E-state index contributed by atoms with van der Waals surface area (Å²) in [6.45, 7) is 12.4. The zero-order valence-electron chi connectivity index (χ0n) is 17.8. The zero-order chi connectivity index (χ0) is 20.5. The number of hydrogen-bond acceptors (Lipinski definition) is 5. The minimum absolute atomic E-state index is 0.318. The maximum absolute atomic E-state index is 5.64. The largest absolute Gasteiger partial charge is 0.376 e. The number of nitrogens with zero attached hydrogens (tertiary/aromatic N) is 3. The van der Waals surface area contributed by atoms with Crippen molar-refractivity contribution in [2.24, 2.45) is 4.99 Å². The molecular formula is C22H33N5OS. The minimum atomic E-state index is 0.318. The van der Waals surface area contributed by atoms with E-state index in [1.165, 1.54) is 16.0 Å². The summed E-state index contributed by atoms with van der Waals surface area (Å²) in [7, 11) is 0. The van der Waals surface area contributed by atoms with Gasteiger partial charge in [0.05, 0.1) is 24.3 Å². The van der Waals surface area contributed by atoms with E-state index in [1.807, 2.05) is 6.20 Å². The summed E-state index contributed by atoms with van der Waals surface area (Å²) in [4.78, 5) is 12.9. The first-order chi connectivity index (χ1) is 14.1. The van der Waals surface area contributed by atoms with E-state index in [1.54, 1.807) is 11.3 Å². The molecule has 1 saturated heterocycles. The van der Waals surface area contributed by atoms with Gasteiger partial charge >= 0.3 is 0 Å². The van der Waals surface area contributed by atoms with Gasteiger partial charge in [-0.15, -0.1) is 11.3 Å². The Morgan fingerprint density at radius 1 is 1.34 bits per heavy atom. The highest BCUT2D eigenvalue weighted by atomic mass is 32.1. The van der Waals surface area contributed by atoms with Crippen LogP contribution < -0.4 is 10.6 Å². The van der Waals surface area contributed by atoms with Crippen molar-refractivity contribution in [1.29, 1.82) is 0 Å². The molecule has 158 valence electrons. The van der Waals surface area contributed by atoms with Crippen LogP contribution in [0.25, 0.3) is 0 Å². The Morgan fingerprint density at radius 2 is 2.21 bits per heavy atom. The van der Waals surface area contributed by atoms with Crippen LogP contribution in [0.3, 0.4) is 0 Å². The molecule has 29 heavy (non-hydrogen) atoms. The first-order valence-corrected chi connectivity index (χ1v) is 11.3. The molecule has 1 atom stereocenters. The molecule has 0 saturated carbocycles. The minimum Gasteiger partial charge on any atom is -0.376 e. The molecule has 2 aromatic rings. The SMILES string of the molecule is CCNC(=NCc1cccc(CN2CCOC(C)C2)c1)NCCc1ncc(C)s1. The van der Waals surface area contributed by atoms with Crippen LogP contribution in [-0.4, -0.2) is 54.7 Å². The number of ether oxygens (including phenoxy) is 1. The van der Waals surface area contributed by atoms with Gasteiger partial charge in [0, 0.05) is 50.2 Å². The normalized spacial score (nSPS) is 18.0. The Morgan fingerprint density at radius 3 is 2.97 bits per heavy atom. The molecule has 1 aromatic carbocycles.